The van der Waals surface area contributed by atoms with Gasteiger partial charge in [0, 0.05) is 11.8 Å². The van der Waals surface area contributed by atoms with Crippen molar-refractivity contribution in [2.75, 3.05) is 12.0 Å². The van der Waals surface area contributed by atoms with Gasteiger partial charge in [-0.15, -0.1) is 11.3 Å². The number of ether oxygens (including phenoxy) is 1. The molecule has 0 saturated carbocycles. The topological polar surface area (TPSA) is 70.3 Å². The lowest BCUT2D eigenvalue weighted by Crippen LogP contribution is -1.98. The molecule has 1 aromatic carbocycles. The monoisotopic (exact) mass is 328 g/mol. The third-order valence-corrected chi connectivity index (χ3v) is 3.92. The first-order chi connectivity index (χ1) is 11.3. The first kappa shape index (κ1) is 17.0. The molecule has 120 valence electrons. The SMILES string of the molecule is Cc1csc(NN=Cc2cccc(OCCCCCC#N)c2)n1. The number of nitriles is 1. The molecule has 2 aromatic rings. The Balaban J connectivity index is 1.76. The Morgan fingerprint density at radius 2 is 2.30 bits per heavy atom. The van der Waals surface area contributed by atoms with E-state index in [0.29, 0.717) is 13.0 Å². The number of nitrogens with one attached hydrogen (secondary N) is 1. The zero-order valence-electron chi connectivity index (χ0n) is 13.2. The highest BCUT2D eigenvalue weighted by molar-refractivity contribution is 7.13. The van der Waals surface area contributed by atoms with Crippen molar-refractivity contribution in [3.8, 4) is 11.8 Å². The Kier molecular flexibility index (Phi) is 7.08. The Labute approximate surface area is 140 Å². The predicted octanol–water partition coefficient (Wildman–Crippen LogP) is 4.36. The second-order valence-corrected chi connectivity index (χ2v) is 5.91. The second kappa shape index (κ2) is 9.59. The zero-order chi connectivity index (χ0) is 16.3. The van der Waals surface area contributed by atoms with Crippen molar-refractivity contribution in [3.63, 3.8) is 0 Å². The van der Waals surface area contributed by atoms with Gasteiger partial charge >= 0.3 is 0 Å². The van der Waals surface area contributed by atoms with Crippen LogP contribution in [0.5, 0.6) is 5.75 Å². The van der Waals surface area contributed by atoms with E-state index in [2.05, 4.69) is 21.6 Å². The Morgan fingerprint density at radius 1 is 1.39 bits per heavy atom. The van der Waals surface area contributed by atoms with Crippen LogP contribution in [0.3, 0.4) is 0 Å². The van der Waals surface area contributed by atoms with Crippen LogP contribution in [0.15, 0.2) is 34.7 Å². The van der Waals surface area contributed by atoms with Crippen molar-refractivity contribution in [2.45, 2.75) is 32.6 Å². The van der Waals surface area contributed by atoms with Gasteiger partial charge in [0.05, 0.1) is 24.6 Å². The molecule has 0 radical (unpaired) electrons. The average molecular weight is 328 g/mol. The van der Waals surface area contributed by atoms with Crippen LogP contribution in [0, 0.1) is 18.3 Å². The molecule has 2 rings (SSSR count). The van der Waals surface area contributed by atoms with Gasteiger partial charge < -0.3 is 4.74 Å². The molecule has 0 saturated heterocycles. The number of benzene rings is 1. The fraction of sp³-hybridized carbons (Fsp3) is 0.353. The molecule has 1 heterocycles. The molecular weight excluding hydrogens is 308 g/mol. The largest absolute Gasteiger partial charge is 0.494 e. The molecule has 0 aliphatic heterocycles. The summed E-state index contributed by atoms with van der Waals surface area (Å²) in [7, 11) is 0. The lowest BCUT2D eigenvalue weighted by molar-refractivity contribution is 0.305. The maximum absolute atomic E-state index is 8.47. The number of unbranched alkanes of at least 4 members (excludes halogenated alkanes) is 3. The highest BCUT2D eigenvalue weighted by Crippen LogP contribution is 2.15. The predicted molar refractivity (Wildman–Crippen MR) is 94.1 cm³/mol. The maximum Gasteiger partial charge on any atom is 0.203 e. The first-order valence-electron chi connectivity index (χ1n) is 7.59. The number of thiazole rings is 1. The number of aromatic nitrogens is 1. The van der Waals surface area contributed by atoms with Gasteiger partial charge in [0.1, 0.15) is 5.75 Å². The van der Waals surface area contributed by atoms with Crippen LogP contribution >= 0.6 is 11.3 Å². The molecule has 1 aromatic heterocycles. The molecule has 0 aliphatic carbocycles. The molecule has 0 unspecified atom stereocenters. The quantitative estimate of drug-likeness (QED) is 0.422. The molecule has 6 heteroatoms. The average Bonchev–Trinajstić information content (AvgIpc) is 2.97. The molecule has 0 fully saturated rings. The zero-order valence-corrected chi connectivity index (χ0v) is 14.0. The number of hydrogen-bond acceptors (Lipinski definition) is 6. The minimum absolute atomic E-state index is 0.623. The van der Waals surface area contributed by atoms with Gasteiger partial charge in [0.15, 0.2) is 0 Å². The summed E-state index contributed by atoms with van der Waals surface area (Å²) < 4.78 is 5.72. The summed E-state index contributed by atoms with van der Waals surface area (Å²) in [5, 5.41) is 15.4. The van der Waals surface area contributed by atoms with E-state index in [1.807, 2.05) is 36.6 Å². The summed E-state index contributed by atoms with van der Waals surface area (Å²) in [6.07, 6.45) is 5.29. The third kappa shape index (κ3) is 6.49. The number of hydrogen-bond donors (Lipinski definition) is 1. The summed E-state index contributed by atoms with van der Waals surface area (Å²) in [6.45, 7) is 2.62. The van der Waals surface area contributed by atoms with Gasteiger partial charge in [-0.1, -0.05) is 12.1 Å². The van der Waals surface area contributed by atoms with Crippen LogP contribution in [-0.2, 0) is 0 Å². The van der Waals surface area contributed by atoms with Crippen molar-refractivity contribution in [1.29, 1.82) is 5.26 Å². The van der Waals surface area contributed by atoms with Crippen LogP contribution in [0.4, 0.5) is 5.13 Å². The first-order valence-corrected chi connectivity index (χ1v) is 8.47. The van der Waals surface area contributed by atoms with Crippen LogP contribution < -0.4 is 10.2 Å². The van der Waals surface area contributed by atoms with Gasteiger partial charge in [-0.05, 0) is 43.9 Å². The number of rotatable bonds is 9. The molecule has 5 nitrogen and oxygen atoms in total. The Morgan fingerprint density at radius 3 is 3.09 bits per heavy atom. The molecule has 0 atom stereocenters. The molecule has 23 heavy (non-hydrogen) atoms. The molecular formula is C17H20N4OS. The van der Waals surface area contributed by atoms with E-state index in [1.165, 1.54) is 11.3 Å². The number of nitrogens with zero attached hydrogens (tertiary/aromatic N) is 3. The van der Waals surface area contributed by atoms with Crippen LogP contribution in [0.25, 0.3) is 0 Å². The molecule has 1 N–H and O–H groups in total. The van der Waals surface area contributed by atoms with E-state index in [9.17, 15) is 0 Å². The molecule has 0 spiro atoms. The van der Waals surface area contributed by atoms with Gasteiger partial charge in [0.25, 0.3) is 0 Å². The smallest absolute Gasteiger partial charge is 0.203 e. The maximum atomic E-state index is 8.47. The number of aryl methyl sites for hydroxylation is 1. The van der Waals surface area contributed by atoms with Gasteiger partial charge in [-0.2, -0.15) is 10.4 Å². The minimum Gasteiger partial charge on any atom is -0.494 e. The third-order valence-electron chi connectivity index (χ3n) is 3.05. The summed E-state index contributed by atoms with van der Waals surface area (Å²) in [5.74, 6) is 0.833. The van der Waals surface area contributed by atoms with Crippen molar-refractivity contribution in [1.82, 2.24) is 4.98 Å². The van der Waals surface area contributed by atoms with Crippen molar-refractivity contribution < 1.29 is 4.74 Å². The van der Waals surface area contributed by atoms with Crippen LogP contribution in [0.2, 0.25) is 0 Å². The van der Waals surface area contributed by atoms with E-state index >= 15 is 0 Å². The molecule has 0 amide bonds. The lowest BCUT2D eigenvalue weighted by Gasteiger charge is -2.06. The lowest BCUT2D eigenvalue weighted by atomic mass is 10.2. The van der Waals surface area contributed by atoms with Crippen molar-refractivity contribution in [2.24, 2.45) is 5.10 Å². The number of anilines is 1. The normalized spacial score (nSPS) is 10.6. The van der Waals surface area contributed by atoms with E-state index in [4.69, 9.17) is 10.00 Å². The van der Waals surface area contributed by atoms with Crippen molar-refractivity contribution >= 4 is 22.7 Å². The minimum atomic E-state index is 0.623. The highest BCUT2D eigenvalue weighted by atomic mass is 32.1. The molecule has 0 aliphatic rings. The Bertz CT molecular complexity index is 675. The van der Waals surface area contributed by atoms with Gasteiger partial charge in [0.2, 0.25) is 5.13 Å². The van der Waals surface area contributed by atoms with Crippen LogP contribution in [-0.4, -0.2) is 17.8 Å². The summed E-state index contributed by atoms with van der Waals surface area (Å²) >= 11 is 1.53. The van der Waals surface area contributed by atoms with E-state index in [0.717, 1.165) is 41.4 Å². The van der Waals surface area contributed by atoms with E-state index in [-0.39, 0.29) is 0 Å². The fourth-order valence-corrected chi connectivity index (χ4v) is 2.56. The molecule has 0 bridgehead atoms. The van der Waals surface area contributed by atoms with E-state index < -0.39 is 0 Å². The summed E-state index contributed by atoms with van der Waals surface area (Å²) in [4.78, 5) is 4.28. The van der Waals surface area contributed by atoms with Crippen LogP contribution in [0.1, 0.15) is 36.9 Å². The second-order valence-electron chi connectivity index (χ2n) is 5.05. The summed E-state index contributed by atoms with van der Waals surface area (Å²) in [5.41, 5.74) is 4.86. The highest BCUT2D eigenvalue weighted by Gasteiger charge is 1.97. The fourth-order valence-electron chi connectivity index (χ4n) is 1.92. The Hall–Kier alpha value is -2.39. The number of hydrazone groups is 1. The van der Waals surface area contributed by atoms with E-state index in [1.54, 1.807) is 6.21 Å². The summed E-state index contributed by atoms with van der Waals surface area (Å²) in [6, 6.07) is 9.95. The standard InChI is InChI=1S/C17H20N4OS/c1-14-13-23-17(20-14)21-19-12-15-7-6-8-16(11-15)22-10-5-3-2-4-9-18/h6-8,11-13H,2-5,10H2,1H3,(H,20,21). The van der Waals surface area contributed by atoms with Gasteiger partial charge in [-0.3, -0.25) is 5.43 Å². The van der Waals surface area contributed by atoms with Gasteiger partial charge in [-0.25, -0.2) is 4.98 Å². The van der Waals surface area contributed by atoms with Crippen molar-refractivity contribution in [3.05, 3.63) is 40.9 Å².